The summed E-state index contributed by atoms with van der Waals surface area (Å²) in [6, 6.07) is 7.00. The Kier molecular flexibility index (Phi) is 4.60. The molecule has 0 fully saturated rings. The maximum atomic E-state index is 10.3. The van der Waals surface area contributed by atoms with Crippen molar-refractivity contribution in [3.05, 3.63) is 35.9 Å². The van der Waals surface area contributed by atoms with Crippen molar-refractivity contribution in [1.29, 1.82) is 0 Å². The summed E-state index contributed by atoms with van der Waals surface area (Å²) in [5, 5.41) is 16.9. The number of carbonyl (C=O) groups is 2. The zero-order valence-electron chi connectivity index (χ0n) is 8.29. The van der Waals surface area contributed by atoms with Crippen LogP contribution in [0.3, 0.4) is 0 Å². The van der Waals surface area contributed by atoms with E-state index >= 15 is 0 Å². The van der Waals surface area contributed by atoms with E-state index in [1.165, 1.54) is 17.8 Å². The van der Waals surface area contributed by atoms with Gasteiger partial charge in [-0.25, -0.2) is 4.79 Å². The number of hydrogen-bond donors (Lipinski definition) is 2. The topological polar surface area (TPSA) is 74.6 Å². The normalized spacial score (nSPS) is 10.5. The summed E-state index contributed by atoms with van der Waals surface area (Å²) in [6.07, 6.45) is 2.54. The van der Waals surface area contributed by atoms with Crippen LogP contribution in [0, 0.1) is 0 Å². The second-order valence-electron chi connectivity index (χ2n) is 2.92. The highest BCUT2D eigenvalue weighted by Gasteiger charge is 1.99. The van der Waals surface area contributed by atoms with E-state index in [2.05, 4.69) is 0 Å². The average Bonchev–Trinajstić information content (AvgIpc) is 2.25. The highest BCUT2D eigenvalue weighted by Crippen LogP contribution is 2.18. The summed E-state index contributed by atoms with van der Waals surface area (Å²) in [6.45, 7) is 0. The van der Waals surface area contributed by atoms with Gasteiger partial charge in [-0.3, -0.25) is 4.79 Å². The zero-order valence-corrected chi connectivity index (χ0v) is 9.11. The van der Waals surface area contributed by atoms with Gasteiger partial charge >= 0.3 is 11.9 Å². The molecular weight excluding hydrogens is 228 g/mol. The van der Waals surface area contributed by atoms with E-state index in [0.29, 0.717) is 0 Å². The zero-order chi connectivity index (χ0) is 12.0. The fourth-order valence-corrected chi connectivity index (χ4v) is 1.61. The molecule has 2 N–H and O–H groups in total. The highest BCUT2D eigenvalue weighted by molar-refractivity contribution is 8.00. The van der Waals surface area contributed by atoms with Crippen LogP contribution in [0.1, 0.15) is 5.56 Å². The van der Waals surface area contributed by atoms with Crippen molar-refractivity contribution >= 4 is 29.8 Å². The van der Waals surface area contributed by atoms with E-state index in [1.807, 2.05) is 0 Å². The molecule has 1 rings (SSSR count). The SMILES string of the molecule is O=C(O)/C=C/c1ccc(SCC(=O)O)cc1. The molecule has 0 aliphatic carbocycles. The van der Waals surface area contributed by atoms with Crippen LogP contribution in [0.2, 0.25) is 0 Å². The van der Waals surface area contributed by atoms with Crippen molar-refractivity contribution < 1.29 is 19.8 Å². The summed E-state index contributed by atoms with van der Waals surface area (Å²) in [5.41, 5.74) is 0.766. The van der Waals surface area contributed by atoms with Crippen molar-refractivity contribution in [1.82, 2.24) is 0 Å². The van der Waals surface area contributed by atoms with Gasteiger partial charge in [0.05, 0.1) is 5.75 Å². The molecule has 16 heavy (non-hydrogen) atoms. The molecule has 0 amide bonds. The molecule has 0 unspecified atom stereocenters. The lowest BCUT2D eigenvalue weighted by Crippen LogP contribution is -1.97. The molecule has 0 spiro atoms. The van der Waals surface area contributed by atoms with Crippen LogP contribution in [-0.2, 0) is 9.59 Å². The van der Waals surface area contributed by atoms with Gasteiger partial charge in [-0.1, -0.05) is 12.1 Å². The molecule has 0 saturated heterocycles. The van der Waals surface area contributed by atoms with Crippen LogP contribution in [-0.4, -0.2) is 27.9 Å². The van der Waals surface area contributed by atoms with Gasteiger partial charge in [0.2, 0.25) is 0 Å². The Bertz CT molecular complexity index is 408. The van der Waals surface area contributed by atoms with Crippen molar-refractivity contribution in [3.63, 3.8) is 0 Å². The number of carboxylic acids is 2. The number of benzene rings is 1. The lowest BCUT2D eigenvalue weighted by molar-refractivity contribution is -0.134. The van der Waals surface area contributed by atoms with E-state index in [1.54, 1.807) is 24.3 Å². The average molecular weight is 238 g/mol. The largest absolute Gasteiger partial charge is 0.481 e. The Labute approximate surface area is 96.6 Å². The molecule has 1 aromatic carbocycles. The highest BCUT2D eigenvalue weighted by atomic mass is 32.2. The Morgan fingerprint density at radius 3 is 2.31 bits per heavy atom. The Hall–Kier alpha value is -1.75. The maximum absolute atomic E-state index is 10.3. The molecule has 0 bridgehead atoms. The fourth-order valence-electron chi connectivity index (χ4n) is 0.988. The predicted molar refractivity (Wildman–Crippen MR) is 61.5 cm³/mol. The van der Waals surface area contributed by atoms with E-state index in [-0.39, 0.29) is 5.75 Å². The number of aliphatic carboxylic acids is 2. The summed E-state index contributed by atoms with van der Waals surface area (Å²) < 4.78 is 0. The molecule has 0 aliphatic rings. The summed E-state index contributed by atoms with van der Waals surface area (Å²) in [5.74, 6) is -1.84. The summed E-state index contributed by atoms with van der Waals surface area (Å²) in [4.78, 5) is 21.4. The Morgan fingerprint density at radius 2 is 1.81 bits per heavy atom. The molecule has 4 nitrogen and oxygen atoms in total. The first-order valence-electron chi connectivity index (χ1n) is 4.43. The molecule has 0 heterocycles. The first kappa shape index (κ1) is 12.3. The minimum absolute atomic E-state index is 0.0182. The quantitative estimate of drug-likeness (QED) is 0.606. The van der Waals surface area contributed by atoms with Gasteiger partial charge in [0, 0.05) is 11.0 Å². The second-order valence-corrected chi connectivity index (χ2v) is 3.97. The molecule has 1 aromatic rings. The number of hydrogen-bond acceptors (Lipinski definition) is 3. The fraction of sp³-hybridized carbons (Fsp3) is 0.0909. The Balaban J connectivity index is 2.60. The van der Waals surface area contributed by atoms with E-state index in [4.69, 9.17) is 10.2 Å². The smallest absolute Gasteiger partial charge is 0.328 e. The molecule has 0 atom stereocenters. The standard InChI is InChI=1S/C11H10O4S/c12-10(13)6-3-8-1-4-9(5-2-8)16-7-11(14)15/h1-6H,7H2,(H,12,13)(H,14,15)/b6-3+. The number of rotatable bonds is 5. The minimum atomic E-state index is -0.996. The Morgan fingerprint density at radius 1 is 1.19 bits per heavy atom. The van der Waals surface area contributed by atoms with Gasteiger partial charge in [-0.15, -0.1) is 11.8 Å². The van der Waals surface area contributed by atoms with Gasteiger partial charge in [0.25, 0.3) is 0 Å². The van der Waals surface area contributed by atoms with Gasteiger partial charge in [0.1, 0.15) is 0 Å². The molecule has 0 saturated carbocycles. The van der Waals surface area contributed by atoms with E-state index in [0.717, 1.165) is 16.5 Å². The lowest BCUT2D eigenvalue weighted by atomic mass is 10.2. The van der Waals surface area contributed by atoms with E-state index in [9.17, 15) is 9.59 Å². The molecule has 0 radical (unpaired) electrons. The first-order chi connectivity index (χ1) is 7.58. The van der Waals surface area contributed by atoms with Crippen LogP contribution in [0.5, 0.6) is 0 Å². The van der Waals surface area contributed by atoms with Gasteiger partial charge in [-0.05, 0) is 23.8 Å². The van der Waals surface area contributed by atoms with Crippen LogP contribution >= 0.6 is 11.8 Å². The third-order valence-corrected chi connectivity index (χ3v) is 2.66. The molecule has 0 aliphatic heterocycles. The molecule has 5 heteroatoms. The van der Waals surface area contributed by atoms with Crippen molar-refractivity contribution in [2.75, 3.05) is 5.75 Å². The second kappa shape index (κ2) is 5.97. The van der Waals surface area contributed by atoms with Crippen LogP contribution in [0.15, 0.2) is 35.2 Å². The predicted octanol–water partition coefficient (Wildman–Crippen LogP) is 1.96. The lowest BCUT2D eigenvalue weighted by Gasteiger charge is -1.98. The third kappa shape index (κ3) is 4.65. The van der Waals surface area contributed by atoms with Crippen LogP contribution < -0.4 is 0 Å². The maximum Gasteiger partial charge on any atom is 0.328 e. The van der Waals surface area contributed by atoms with Crippen LogP contribution in [0.4, 0.5) is 0 Å². The molecular formula is C11H10O4S. The third-order valence-electron chi connectivity index (χ3n) is 1.66. The number of thioether (sulfide) groups is 1. The van der Waals surface area contributed by atoms with Crippen molar-refractivity contribution in [2.45, 2.75) is 4.90 Å². The first-order valence-corrected chi connectivity index (χ1v) is 5.42. The minimum Gasteiger partial charge on any atom is -0.481 e. The molecule has 84 valence electrons. The van der Waals surface area contributed by atoms with Gasteiger partial charge in [-0.2, -0.15) is 0 Å². The molecule has 0 aromatic heterocycles. The van der Waals surface area contributed by atoms with Crippen LogP contribution in [0.25, 0.3) is 6.08 Å². The summed E-state index contributed by atoms with van der Waals surface area (Å²) >= 11 is 1.22. The number of carboxylic acid groups (broad SMARTS) is 2. The van der Waals surface area contributed by atoms with Crippen molar-refractivity contribution in [2.24, 2.45) is 0 Å². The monoisotopic (exact) mass is 238 g/mol. The van der Waals surface area contributed by atoms with Gasteiger partial charge < -0.3 is 10.2 Å². The van der Waals surface area contributed by atoms with Gasteiger partial charge in [0.15, 0.2) is 0 Å². The van der Waals surface area contributed by atoms with E-state index < -0.39 is 11.9 Å². The van der Waals surface area contributed by atoms with Crippen molar-refractivity contribution in [3.8, 4) is 0 Å². The summed E-state index contributed by atoms with van der Waals surface area (Å²) in [7, 11) is 0.